The summed E-state index contributed by atoms with van der Waals surface area (Å²) in [5.74, 6) is 1.24. The number of hydrogen-bond donors (Lipinski definition) is 1. The van der Waals surface area contributed by atoms with Gasteiger partial charge in [-0.15, -0.1) is 0 Å². The number of carbonyl (C=O) groups is 1. The number of nitrogens with zero attached hydrogens (tertiary/aromatic N) is 8. The molecule has 0 saturated carbocycles. The molecule has 0 radical (unpaired) electrons. The smallest absolute Gasteiger partial charge is 0.369 e. The van der Waals surface area contributed by atoms with Gasteiger partial charge >= 0.3 is 6.03 Å². The van der Waals surface area contributed by atoms with E-state index in [1.54, 1.807) is 4.90 Å². The molecule has 2 atom stereocenters. The molecule has 4 aromatic carbocycles. The van der Waals surface area contributed by atoms with E-state index in [0.717, 1.165) is 22.5 Å². The van der Waals surface area contributed by atoms with Gasteiger partial charge in [0.2, 0.25) is 5.96 Å². The van der Waals surface area contributed by atoms with Gasteiger partial charge in [-0.3, -0.25) is 9.80 Å². The number of para-hydroxylation sites is 2. The zero-order valence-corrected chi connectivity index (χ0v) is 23.8. The van der Waals surface area contributed by atoms with Crippen LogP contribution in [0.4, 0.5) is 16.2 Å². The number of nitrogens with two attached hydrogens (primary N) is 1. The van der Waals surface area contributed by atoms with Gasteiger partial charge in [-0.05, 0) is 38.1 Å². The first-order valence-electron chi connectivity index (χ1n) is 14.0. The monoisotopic (exact) mass is 569 g/mol. The van der Waals surface area contributed by atoms with Crippen molar-refractivity contribution in [3.05, 3.63) is 132 Å². The molecule has 4 aromatic rings. The molecule has 43 heavy (non-hydrogen) atoms. The quantitative estimate of drug-likeness (QED) is 0.251. The Morgan fingerprint density at radius 3 is 1.65 bits per heavy atom. The first-order valence-corrected chi connectivity index (χ1v) is 14.0. The zero-order valence-electron chi connectivity index (χ0n) is 23.8. The van der Waals surface area contributed by atoms with Crippen LogP contribution in [0.2, 0.25) is 0 Å². The number of amides is 2. The average Bonchev–Trinajstić information content (AvgIpc) is 3.58. The lowest BCUT2D eigenvalue weighted by molar-refractivity contribution is 0.256. The van der Waals surface area contributed by atoms with Crippen LogP contribution in [-0.4, -0.2) is 52.1 Å². The van der Waals surface area contributed by atoms with Gasteiger partial charge in [0.1, 0.15) is 18.7 Å². The molecule has 6 rings (SSSR count). The van der Waals surface area contributed by atoms with Crippen LogP contribution in [0.1, 0.15) is 25.0 Å². The maximum absolute atomic E-state index is 13.1. The average molecular weight is 570 g/mol. The van der Waals surface area contributed by atoms with Crippen LogP contribution < -0.4 is 15.8 Å². The molecular formula is C33H31N9O. The first kappa shape index (κ1) is 27.4. The number of anilines is 2. The summed E-state index contributed by atoms with van der Waals surface area (Å²) in [6.07, 6.45) is 0.882. The number of amidine groups is 2. The molecule has 2 amide bonds. The molecule has 2 aliphatic heterocycles. The highest BCUT2D eigenvalue weighted by Crippen LogP contribution is 2.28. The number of benzene rings is 4. The summed E-state index contributed by atoms with van der Waals surface area (Å²) < 4.78 is 0. The fourth-order valence-electron chi connectivity index (χ4n) is 5.08. The van der Waals surface area contributed by atoms with Gasteiger partial charge in [0, 0.05) is 11.1 Å². The van der Waals surface area contributed by atoms with Gasteiger partial charge in [0.05, 0.1) is 11.4 Å². The molecule has 2 N–H and O–H groups in total. The van der Waals surface area contributed by atoms with Gasteiger partial charge in [0.25, 0.3) is 0 Å². The molecule has 2 unspecified atom stereocenters. The third-order valence-electron chi connectivity index (χ3n) is 7.22. The number of hydrogen-bond acceptors (Lipinski definition) is 5. The lowest BCUT2D eigenvalue weighted by Gasteiger charge is -2.28. The lowest BCUT2D eigenvalue weighted by atomic mass is 10.2. The van der Waals surface area contributed by atoms with Crippen LogP contribution in [0.15, 0.2) is 142 Å². The van der Waals surface area contributed by atoms with Gasteiger partial charge in [-0.25, -0.2) is 14.8 Å². The van der Waals surface area contributed by atoms with Crippen LogP contribution in [-0.2, 0) is 0 Å². The van der Waals surface area contributed by atoms with Crippen LogP contribution in [0, 0.1) is 0 Å². The van der Waals surface area contributed by atoms with Crippen LogP contribution in [0.3, 0.4) is 0 Å². The van der Waals surface area contributed by atoms with E-state index >= 15 is 0 Å². The highest BCUT2D eigenvalue weighted by atomic mass is 16.2. The molecule has 214 valence electrons. The highest BCUT2D eigenvalue weighted by Gasteiger charge is 2.35. The summed E-state index contributed by atoms with van der Waals surface area (Å²) in [5.41, 5.74) is 10.0. The van der Waals surface area contributed by atoms with Crippen LogP contribution in [0.5, 0.6) is 0 Å². The minimum Gasteiger partial charge on any atom is -0.369 e. The highest BCUT2D eigenvalue weighted by molar-refractivity contribution is 6.13. The molecule has 0 saturated heterocycles. The van der Waals surface area contributed by atoms with Gasteiger partial charge in [0.15, 0.2) is 11.7 Å². The van der Waals surface area contributed by atoms with Crippen molar-refractivity contribution in [2.45, 2.75) is 26.2 Å². The Kier molecular flexibility index (Phi) is 7.64. The Bertz CT molecular complexity index is 1690. The number of carbonyl (C=O) groups excluding carboxylic acids is 1. The normalized spacial score (nSPS) is 18.8. The van der Waals surface area contributed by atoms with Crippen molar-refractivity contribution in [1.82, 2.24) is 9.80 Å². The standard InChI is InChI=1S/C33H31N9O/c1-24-39(30(26-15-7-3-8-16-26)37-41(24)28-19-11-5-12-20-28)23-35-33(43)36-32(34)40-25(2)42(29-21-13-6-14-22-29)38-31(40)27-17-9-4-10-18-27/h3-25H,1-2H3,(H2,34,36,43)/b35-23+. The van der Waals surface area contributed by atoms with Crippen molar-refractivity contribution >= 4 is 41.4 Å². The number of aliphatic imine (C=N–C) groups is 2. The lowest BCUT2D eigenvalue weighted by Crippen LogP contribution is -2.48. The Hall–Kier alpha value is -5.77. The second kappa shape index (κ2) is 12.0. The molecular weight excluding hydrogens is 538 g/mol. The maximum Gasteiger partial charge on any atom is 0.371 e. The molecule has 0 aliphatic carbocycles. The fraction of sp³-hybridized carbons (Fsp3) is 0.121. The summed E-state index contributed by atoms with van der Waals surface area (Å²) >= 11 is 0. The third kappa shape index (κ3) is 5.58. The summed E-state index contributed by atoms with van der Waals surface area (Å²) in [6, 6.07) is 38.3. The second-order valence-electron chi connectivity index (χ2n) is 9.98. The van der Waals surface area contributed by atoms with E-state index in [4.69, 9.17) is 15.9 Å². The Morgan fingerprint density at radius 1 is 0.674 bits per heavy atom. The predicted octanol–water partition coefficient (Wildman–Crippen LogP) is 5.51. The van der Waals surface area contributed by atoms with Crippen molar-refractivity contribution in [2.75, 3.05) is 10.0 Å². The van der Waals surface area contributed by atoms with E-state index in [2.05, 4.69) is 9.98 Å². The van der Waals surface area contributed by atoms with Crippen molar-refractivity contribution < 1.29 is 4.79 Å². The molecule has 10 nitrogen and oxygen atoms in total. The van der Waals surface area contributed by atoms with Crippen LogP contribution >= 0.6 is 0 Å². The molecule has 0 aromatic heterocycles. The number of hydrazone groups is 2. The minimum atomic E-state index is -0.743. The number of urea groups is 1. The third-order valence-corrected chi connectivity index (χ3v) is 7.22. The van der Waals surface area contributed by atoms with E-state index in [0.29, 0.717) is 11.7 Å². The Labute approximate surface area is 250 Å². The first-order chi connectivity index (χ1) is 21.0. The molecule has 2 aliphatic rings. The second-order valence-corrected chi connectivity index (χ2v) is 9.98. The topological polar surface area (TPSA) is 105 Å². The van der Waals surface area contributed by atoms with Crippen molar-refractivity contribution in [1.29, 1.82) is 0 Å². The summed E-state index contributed by atoms with van der Waals surface area (Å²) in [4.78, 5) is 25.1. The largest absolute Gasteiger partial charge is 0.371 e. The molecule has 0 spiro atoms. The van der Waals surface area contributed by atoms with Crippen molar-refractivity contribution in [3.63, 3.8) is 0 Å². The Balaban J connectivity index is 1.28. The van der Waals surface area contributed by atoms with Crippen LogP contribution in [0.25, 0.3) is 0 Å². The molecule has 2 heterocycles. The Morgan fingerprint density at radius 2 is 1.12 bits per heavy atom. The molecule has 10 heteroatoms. The SMILES string of the molecule is CC1N(/C=N/C(=O)/N=C(\N)N2C(c3ccccc3)=NN(c3ccccc3)C2C)C(c2ccccc2)=NN1c1ccccc1. The fourth-order valence-corrected chi connectivity index (χ4v) is 5.08. The van der Waals surface area contributed by atoms with E-state index in [1.165, 1.54) is 6.34 Å². The summed E-state index contributed by atoms with van der Waals surface area (Å²) in [7, 11) is 0. The van der Waals surface area contributed by atoms with E-state index < -0.39 is 6.03 Å². The minimum absolute atomic E-state index is 0.00647. The van der Waals surface area contributed by atoms with Gasteiger partial charge in [-0.1, -0.05) is 97.1 Å². The molecule has 0 bridgehead atoms. The predicted molar refractivity (Wildman–Crippen MR) is 172 cm³/mol. The number of rotatable bonds is 5. The van der Waals surface area contributed by atoms with Crippen molar-refractivity contribution in [3.8, 4) is 0 Å². The summed E-state index contributed by atoms with van der Waals surface area (Å²) in [5, 5.41) is 13.5. The number of guanidine groups is 1. The van der Waals surface area contributed by atoms with E-state index in [-0.39, 0.29) is 18.3 Å². The van der Waals surface area contributed by atoms with Gasteiger partial charge < -0.3 is 5.73 Å². The van der Waals surface area contributed by atoms with Gasteiger partial charge in [-0.2, -0.15) is 20.2 Å². The van der Waals surface area contributed by atoms with E-state index in [1.807, 2.05) is 150 Å². The molecule has 0 fully saturated rings. The van der Waals surface area contributed by atoms with Crippen molar-refractivity contribution in [2.24, 2.45) is 25.9 Å². The maximum atomic E-state index is 13.1. The van der Waals surface area contributed by atoms with E-state index in [9.17, 15) is 4.79 Å². The zero-order chi connectivity index (χ0) is 29.8. The summed E-state index contributed by atoms with van der Waals surface area (Å²) in [6.45, 7) is 3.95.